The zero-order chi connectivity index (χ0) is 29.9. The fraction of sp³-hybridized carbons (Fsp3) is 0.156. The summed E-state index contributed by atoms with van der Waals surface area (Å²) in [6.45, 7) is 2.02. The highest BCUT2D eigenvalue weighted by Gasteiger charge is 2.33. The fourth-order valence-electron chi connectivity index (χ4n) is 4.68. The first-order valence-electron chi connectivity index (χ1n) is 13.0. The van der Waals surface area contributed by atoms with Crippen molar-refractivity contribution in [3.63, 3.8) is 0 Å². The van der Waals surface area contributed by atoms with E-state index in [-0.39, 0.29) is 17.0 Å². The van der Waals surface area contributed by atoms with Gasteiger partial charge in [0.2, 0.25) is 10.0 Å². The molecule has 1 aromatic heterocycles. The lowest BCUT2D eigenvalue weighted by Crippen LogP contribution is -2.25. The molecule has 42 heavy (non-hydrogen) atoms. The number of para-hydroxylation sites is 1. The minimum atomic E-state index is -4.53. The Kier molecular flexibility index (Phi) is 8.20. The quantitative estimate of drug-likeness (QED) is 0.191. The zero-order valence-corrected chi connectivity index (χ0v) is 23.6. The van der Waals surface area contributed by atoms with Crippen LogP contribution in [0, 0.1) is 6.92 Å². The van der Waals surface area contributed by atoms with Crippen molar-refractivity contribution in [1.29, 1.82) is 0 Å². The van der Waals surface area contributed by atoms with Crippen LogP contribution in [0.1, 0.15) is 16.7 Å². The average molecular weight is 593 g/mol. The summed E-state index contributed by atoms with van der Waals surface area (Å²) < 4.78 is 80.1. The minimum Gasteiger partial charge on any atom is -0.497 e. The summed E-state index contributed by atoms with van der Waals surface area (Å²) in [5.41, 5.74) is 2.06. The molecule has 4 aromatic carbocycles. The van der Waals surface area contributed by atoms with Crippen LogP contribution in [0.5, 0.6) is 17.2 Å². The van der Waals surface area contributed by atoms with Crippen LogP contribution in [0.4, 0.5) is 13.2 Å². The van der Waals surface area contributed by atoms with E-state index in [2.05, 4.69) is 9.71 Å². The molecule has 0 atom stereocenters. The number of hydrogen-bond donors (Lipinski definition) is 1. The Bertz CT molecular complexity index is 1820. The molecule has 0 aliphatic carbocycles. The molecule has 10 heteroatoms. The van der Waals surface area contributed by atoms with Gasteiger partial charge < -0.3 is 9.47 Å². The number of methoxy groups -OCH3 is 1. The number of aryl methyl sites for hydroxylation is 1. The van der Waals surface area contributed by atoms with Gasteiger partial charge in [0.25, 0.3) is 0 Å². The Morgan fingerprint density at radius 1 is 0.857 bits per heavy atom. The zero-order valence-electron chi connectivity index (χ0n) is 22.8. The van der Waals surface area contributed by atoms with E-state index in [0.717, 1.165) is 17.4 Å². The van der Waals surface area contributed by atoms with Gasteiger partial charge in [-0.05, 0) is 90.2 Å². The number of sulfonamides is 1. The molecule has 216 valence electrons. The third kappa shape index (κ3) is 6.40. The Labute approximate surface area is 241 Å². The van der Waals surface area contributed by atoms with Gasteiger partial charge in [0.15, 0.2) is 0 Å². The second-order valence-electron chi connectivity index (χ2n) is 9.61. The lowest BCUT2D eigenvalue weighted by atomic mass is 9.95. The maximum absolute atomic E-state index is 13.6. The maximum atomic E-state index is 13.6. The van der Waals surface area contributed by atoms with Gasteiger partial charge in [-0.1, -0.05) is 36.4 Å². The van der Waals surface area contributed by atoms with Gasteiger partial charge in [-0.2, -0.15) is 13.2 Å². The van der Waals surface area contributed by atoms with E-state index in [1.54, 1.807) is 56.5 Å². The van der Waals surface area contributed by atoms with Crippen molar-refractivity contribution in [3.05, 3.63) is 114 Å². The molecule has 5 rings (SSSR count). The number of aromatic nitrogens is 1. The number of rotatable bonds is 9. The van der Waals surface area contributed by atoms with Crippen LogP contribution in [0.15, 0.2) is 102 Å². The molecule has 0 bridgehead atoms. The molecule has 0 saturated heterocycles. The fourth-order valence-corrected chi connectivity index (χ4v) is 5.71. The predicted molar refractivity (Wildman–Crippen MR) is 155 cm³/mol. The highest BCUT2D eigenvalue weighted by atomic mass is 32.2. The van der Waals surface area contributed by atoms with Crippen LogP contribution < -0.4 is 14.2 Å². The molecule has 0 unspecified atom stereocenters. The molecule has 6 nitrogen and oxygen atoms in total. The normalized spacial score (nSPS) is 11.9. The Morgan fingerprint density at radius 3 is 2.24 bits per heavy atom. The summed E-state index contributed by atoms with van der Waals surface area (Å²) in [7, 11) is -2.15. The van der Waals surface area contributed by atoms with Crippen LogP contribution in [0.2, 0.25) is 0 Å². The summed E-state index contributed by atoms with van der Waals surface area (Å²) in [6, 6.07) is 24.4. The number of nitrogens with one attached hydrogen (secondary N) is 1. The molecule has 5 aromatic rings. The molecule has 0 aliphatic rings. The molecular formula is C32H27F3N2O4S. The highest BCUT2D eigenvalue weighted by molar-refractivity contribution is 7.89. The van der Waals surface area contributed by atoms with Gasteiger partial charge in [-0.3, -0.25) is 4.98 Å². The summed E-state index contributed by atoms with van der Waals surface area (Å²) in [5.74, 6) is 1.57. The highest BCUT2D eigenvalue weighted by Crippen LogP contribution is 2.39. The van der Waals surface area contributed by atoms with E-state index in [1.165, 1.54) is 24.4 Å². The van der Waals surface area contributed by atoms with Crippen LogP contribution >= 0.6 is 0 Å². The first-order chi connectivity index (χ1) is 20.0. The van der Waals surface area contributed by atoms with Gasteiger partial charge >= 0.3 is 6.18 Å². The van der Waals surface area contributed by atoms with Crippen molar-refractivity contribution in [2.45, 2.75) is 24.4 Å². The number of pyridine rings is 1. The number of hydrogen-bond acceptors (Lipinski definition) is 5. The SMILES string of the molecule is COc1ccc(CCNS(=O)(=O)c2ccc(Oc3cccc(-c4c(C)cnc5c(C(F)(F)F)cccc45)c3)cc2)cc1. The molecule has 0 saturated carbocycles. The monoisotopic (exact) mass is 592 g/mol. The van der Waals surface area contributed by atoms with E-state index in [0.29, 0.717) is 40.0 Å². The first kappa shape index (κ1) is 29.1. The van der Waals surface area contributed by atoms with Crippen LogP contribution in [-0.4, -0.2) is 27.1 Å². The second-order valence-corrected chi connectivity index (χ2v) is 11.4. The molecule has 0 fully saturated rings. The number of benzene rings is 4. The average Bonchev–Trinajstić information content (AvgIpc) is 2.97. The van der Waals surface area contributed by atoms with Crippen molar-refractivity contribution in [2.75, 3.05) is 13.7 Å². The number of nitrogens with zero attached hydrogens (tertiary/aromatic N) is 1. The molecule has 0 radical (unpaired) electrons. The number of ether oxygens (including phenoxy) is 2. The molecule has 0 spiro atoms. The summed E-state index contributed by atoms with van der Waals surface area (Å²) in [6.07, 6.45) is -2.58. The van der Waals surface area contributed by atoms with Gasteiger partial charge in [-0.15, -0.1) is 0 Å². The predicted octanol–water partition coefficient (Wildman–Crippen LogP) is 7.55. The van der Waals surface area contributed by atoms with Crippen LogP contribution in [-0.2, 0) is 22.6 Å². The van der Waals surface area contributed by atoms with Crippen molar-refractivity contribution >= 4 is 20.9 Å². The lowest BCUT2D eigenvalue weighted by molar-refractivity contribution is -0.136. The van der Waals surface area contributed by atoms with Crippen molar-refractivity contribution in [3.8, 4) is 28.4 Å². The lowest BCUT2D eigenvalue weighted by Gasteiger charge is -2.15. The number of halogens is 3. The van der Waals surface area contributed by atoms with Gasteiger partial charge in [0.05, 0.1) is 23.1 Å². The van der Waals surface area contributed by atoms with E-state index < -0.39 is 21.8 Å². The maximum Gasteiger partial charge on any atom is 0.418 e. The van der Waals surface area contributed by atoms with E-state index >= 15 is 0 Å². The first-order valence-corrected chi connectivity index (χ1v) is 14.5. The molecule has 0 aliphatic heterocycles. The van der Waals surface area contributed by atoms with Crippen LogP contribution in [0.25, 0.3) is 22.0 Å². The van der Waals surface area contributed by atoms with E-state index in [4.69, 9.17) is 9.47 Å². The van der Waals surface area contributed by atoms with Gasteiger partial charge in [0, 0.05) is 18.1 Å². The molecular weight excluding hydrogens is 565 g/mol. The summed E-state index contributed by atoms with van der Waals surface area (Å²) in [5, 5.41) is 0.385. The summed E-state index contributed by atoms with van der Waals surface area (Å²) in [4.78, 5) is 4.18. The number of fused-ring (bicyclic) bond motifs is 1. The van der Waals surface area contributed by atoms with E-state index in [1.807, 2.05) is 24.3 Å². The van der Waals surface area contributed by atoms with Gasteiger partial charge in [-0.25, -0.2) is 13.1 Å². The second kappa shape index (κ2) is 11.8. The third-order valence-corrected chi connectivity index (χ3v) is 8.23. The summed E-state index contributed by atoms with van der Waals surface area (Å²) >= 11 is 0. The third-order valence-electron chi connectivity index (χ3n) is 6.75. The van der Waals surface area contributed by atoms with E-state index in [9.17, 15) is 21.6 Å². The molecule has 1 N–H and O–H groups in total. The van der Waals surface area contributed by atoms with Crippen molar-refractivity contribution < 1.29 is 31.1 Å². The number of alkyl halides is 3. The largest absolute Gasteiger partial charge is 0.497 e. The topological polar surface area (TPSA) is 77.5 Å². The molecule has 1 heterocycles. The van der Waals surface area contributed by atoms with Crippen molar-refractivity contribution in [1.82, 2.24) is 9.71 Å². The standard InChI is InChI=1S/C32H27F3N2O4S/c1-21-20-36-31-28(7-4-8-29(31)32(33,34)35)30(21)23-5-3-6-26(19-23)41-25-13-15-27(16-14-25)42(38,39)37-18-17-22-9-11-24(40-2)12-10-22/h3-16,19-20,37H,17-18H2,1-2H3. The van der Waals surface area contributed by atoms with Gasteiger partial charge in [0.1, 0.15) is 17.2 Å². The Hall–Kier alpha value is -4.41. The van der Waals surface area contributed by atoms with Crippen LogP contribution in [0.3, 0.4) is 0 Å². The van der Waals surface area contributed by atoms with Crippen molar-refractivity contribution in [2.24, 2.45) is 0 Å². The minimum absolute atomic E-state index is 0.0951. The Balaban J connectivity index is 1.31. The Morgan fingerprint density at radius 2 is 1.55 bits per heavy atom. The molecule has 0 amide bonds. The smallest absolute Gasteiger partial charge is 0.418 e.